The summed E-state index contributed by atoms with van der Waals surface area (Å²) in [6.07, 6.45) is 0.758. The van der Waals surface area contributed by atoms with Crippen molar-refractivity contribution in [3.8, 4) is 0 Å². The van der Waals surface area contributed by atoms with Gasteiger partial charge in [0.2, 0.25) is 0 Å². The van der Waals surface area contributed by atoms with E-state index in [1.165, 1.54) is 0 Å². The zero-order chi connectivity index (χ0) is 12.6. The molecular weight excluding hydrogens is 232 g/mol. The Hall–Kier alpha value is -1.23. The maximum atomic E-state index is 11.2. The monoisotopic (exact) mass is 248 g/mol. The van der Waals surface area contributed by atoms with Gasteiger partial charge < -0.3 is 15.7 Å². The average Bonchev–Trinajstić information content (AvgIpc) is 2.20. The van der Waals surface area contributed by atoms with Crippen LogP contribution in [-0.2, 0) is 4.79 Å². The normalized spacial score (nSPS) is 11.6. The number of aliphatic carboxylic acids is 1. The van der Waals surface area contributed by atoms with Gasteiger partial charge in [-0.15, -0.1) is 0 Å². The van der Waals surface area contributed by atoms with Crippen molar-refractivity contribution in [2.75, 3.05) is 13.1 Å². The van der Waals surface area contributed by atoms with Crippen LogP contribution in [0.2, 0.25) is 0 Å². The van der Waals surface area contributed by atoms with Gasteiger partial charge in [0.25, 0.3) is 0 Å². The molecule has 0 spiro atoms. The first-order chi connectivity index (χ1) is 7.45. The van der Waals surface area contributed by atoms with Crippen molar-refractivity contribution in [2.24, 2.45) is 5.92 Å². The number of hydrogen-bond donors (Lipinski definition) is 3. The van der Waals surface area contributed by atoms with Crippen molar-refractivity contribution >= 4 is 23.6 Å². The van der Waals surface area contributed by atoms with Crippen LogP contribution in [0.25, 0.3) is 0 Å². The number of hydrogen-bond acceptors (Lipinski definition) is 2. The second kappa shape index (κ2) is 7.98. The van der Waals surface area contributed by atoms with Gasteiger partial charge in [0.1, 0.15) is 0 Å². The van der Waals surface area contributed by atoms with Crippen LogP contribution in [-0.4, -0.2) is 30.2 Å². The molecule has 0 aromatic heterocycles. The minimum Gasteiger partial charge on any atom is -0.481 e. The molecule has 0 aliphatic heterocycles. The third-order valence-corrected chi connectivity index (χ3v) is 2.17. The lowest BCUT2D eigenvalue weighted by atomic mass is 10.0. The summed E-state index contributed by atoms with van der Waals surface area (Å²) in [5.74, 6) is -0.911. The van der Waals surface area contributed by atoms with E-state index in [4.69, 9.17) is 16.7 Å². The number of rotatable bonds is 7. The molecule has 0 saturated carbocycles. The molecule has 6 heteroatoms. The zero-order valence-electron chi connectivity index (χ0n) is 9.25. The van der Waals surface area contributed by atoms with E-state index < -0.39 is 5.97 Å². The number of urea groups is 1. The Bertz CT molecular complexity index is 269. The fourth-order valence-electron chi connectivity index (χ4n) is 1.08. The quantitative estimate of drug-likeness (QED) is 0.640. The fourth-order valence-corrected chi connectivity index (χ4v) is 1.15. The summed E-state index contributed by atoms with van der Waals surface area (Å²) < 4.78 is 0. The number of carbonyl (C=O) groups is 2. The first-order valence-corrected chi connectivity index (χ1v) is 5.40. The minimum absolute atomic E-state index is 0.0533. The zero-order valence-corrected chi connectivity index (χ0v) is 10.0. The summed E-state index contributed by atoms with van der Waals surface area (Å²) in [5.41, 5.74) is 0. The molecule has 0 saturated heterocycles. The molecule has 0 heterocycles. The molecule has 5 nitrogen and oxygen atoms in total. The van der Waals surface area contributed by atoms with Crippen molar-refractivity contribution in [2.45, 2.75) is 19.8 Å². The number of carbonyl (C=O) groups excluding carboxylic acids is 1. The van der Waals surface area contributed by atoms with Gasteiger partial charge in [-0.3, -0.25) is 4.79 Å². The number of amides is 2. The van der Waals surface area contributed by atoms with Gasteiger partial charge in [0, 0.05) is 18.0 Å². The standard InChI is InChI=1S/C10H17ClN2O3/c1-3-8(4-9(14)15)6-13-10(16)12-5-7(2)11/h8H,2-6H2,1H3,(H,14,15)(H2,12,13,16). The SMILES string of the molecule is C=C(Cl)CNC(=O)NCC(CC)CC(=O)O. The lowest BCUT2D eigenvalue weighted by Crippen LogP contribution is -2.39. The minimum atomic E-state index is -0.858. The fraction of sp³-hybridized carbons (Fsp3) is 0.600. The summed E-state index contributed by atoms with van der Waals surface area (Å²) in [7, 11) is 0. The van der Waals surface area contributed by atoms with E-state index >= 15 is 0 Å². The van der Waals surface area contributed by atoms with Gasteiger partial charge in [-0.05, 0) is 5.92 Å². The predicted octanol–water partition coefficient (Wildman–Crippen LogP) is 1.54. The highest BCUT2D eigenvalue weighted by atomic mass is 35.5. The average molecular weight is 249 g/mol. The van der Waals surface area contributed by atoms with Gasteiger partial charge in [0.15, 0.2) is 0 Å². The van der Waals surface area contributed by atoms with Crippen LogP contribution in [0.1, 0.15) is 19.8 Å². The second-order valence-electron chi connectivity index (χ2n) is 3.45. The smallest absolute Gasteiger partial charge is 0.315 e. The van der Waals surface area contributed by atoms with Crippen LogP contribution < -0.4 is 10.6 Å². The lowest BCUT2D eigenvalue weighted by molar-refractivity contribution is -0.138. The highest BCUT2D eigenvalue weighted by molar-refractivity contribution is 6.29. The van der Waals surface area contributed by atoms with E-state index in [0.717, 1.165) is 0 Å². The third kappa shape index (κ3) is 8.11. The van der Waals surface area contributed by atoms with Crippen molar-refractivity contribution < 1.29 is 14.7 Å². The number of carboxylic acid groups (broad SMARTS) is 1. The van der Waals surface area contributed by atoms with Crippen molar-refractivity contribution in [1.29, 1.82) is 0 Å². The molecule has 1 unspecified atom stereocenters. The molecule has 3 N–H and O–H groups in total. The maximum absolute atomic E-state index is 11.2. The molecule has 0 rings (SSSR count). The molecule has 0 fully saturated rings. The Morgan fingerprint density at radius 2 is 2.06 bits per heavy atom. The van der Waals surface area contributed by atoms with Crippen molar-refractivity contribution in [1.82, 2.24) is 10.6 Å². The molecule has 0 radical (unpaired) electrons. The van der Waals surface area contributed by atoms with E-state index in [2.05, 4.69) is 17.2 Å². The Morgan fingerprint density at radius 1 is 1.44 bits per heavy atom. The van der Waals surface area contributed by atoms with Crippen LogP contribution in [0.15, 0.2) is 11.6 Å². The number of carboxylic acids is 1. The van der Waals surface area contributed by atoms with E-state index in [9.17, 15) is 9.59 Å². The Balaban J connectivity index is 3.79. The van der Waals surface area contributed by atoms with Crippen LogP contribution >= 0.6 is 11.6 Å². The van der Waals surface area contributed by atoms with Crippen molar-refractivity contribution in [3.05, 3.63) is 11.6 Å². The van der Waals surface area contributed by atoms with Gasteiger partial charge in [-0.2, -0.15) is 0 Å². The molecule has 2 amide bonds. The second-order valence-corrected chi connectivity index (χ2v) is 3.99. The molecule has 16 heavy (non-hydrogen) atoms. The van der Waals surface area contributed by atoms with Crippen LogP contribution in [0.4, 0.5) is 4.79 Å². The largest absolute Gasteiger partial charge is 0.481 e. The first-order valence-electron chi connectivity index (χ1n) is 5.02. The Kier molecular flexibility index (Phi) is 7.37. The van der Waals surface area contributed by atoms with E-state index in [0.29, 0.717) is 18.0 Å². The molecule has 92 valence electrons. The molecule has 1 atom stereocenters. The Morgan fingerprint density at radius 3 is 2.50 bits per heavy atom. The van der Waals surface area contributed by atoms with Crippen LogP contribution in [0.5, 0.6) is 0 Å². The Labute approximate surface area is 99.9 Å². The maximum Gasteiger partial charge on any atom is 0.315 e. The van der Waals surface area contributed by atoms with Gasteiger partial charge >= 0.3 is 12.0 Å². The summed E-state index contributed by atoms with van der Waals surface area (Å²) in [6.45, 7) is 5.84. The van der Waals surface area contributed by atoms with Crippen LogP contribution in [0.3, 0.4) is 0 Å². The molecule has 0 aromatic carbocycles. The molecule has 0 aliphatic rings. The molecule has 0 aliphatic carbocycles. The first kappa shape index (κ1) is 14.8. The van der Waals surface area contributed by atoms with E-state index in [1.54, 1.807) is 0 Å². The number of nitrogens with one attached hydrogen (secondary N) is 2. The number of halogens is 1. The summed E-state index contributed by atoms with van der Waals surface area (Å²) in [4.78, 5) is 21.7. The lowest BCUT2D eigenvalue weighted by Gasteiger charge is -2.13. The third-order valence-electron chi connectivity index (χ3n) is 2.03. The van der Waals surface area contributed by atoms with Gasteiger partial charge in [-0.1, -0.05) is 31.5 Å². The summed E-state index contributed by atoms with van der Waals surface area (Å²) in [6, 6.07) is -0.370. The van der Waals surface area contributed by atoms with Gasteiger partial charge in [-0.25, -0.2) is 4.79 Å². The molecule has 0 aromatic rings. The van der Waals surface area contributed by atoms with Gasteiger partial charge in [0.05, 0.1) is 6.54 Å². The summed E-state index contributed by atoms with van der Waals surface area (Å²) >= 11 is 5.47. The van der Waals surface area contributed by atoms with Crippen LogP contribution in [0, 0.1) is 5.92 Å². The van der Waals surface area contributed by atoms with Crippen molar-refractivity contribution in [3.63, 3.8) is 0 Å². The molecule has 0 bridgehead atoms. The highest BCUT2D eigenvalue weighted by Gasteiger charge is 2.12. The highest BCUT2D eigenvalue weighted by Crippen LogP contribution is 2.06. The predicted molar refractivity (Wildman–Crippen MR) is 62.4 cm³/mol. The summed E-state index contributed by atoms with van der Waals surface area (Å²) in [5, 5.41) is 14.0. The molecular formula is C10H17ClN2O3. The van der Waals surface area contributed by atoms with E-state index in [1.807, 2.05) is 6.92 Å². The topological polar surface area (TPSA) is 78.4 Å². The van der Waals surface area contributed by atoms with E-state index in [-0.39, 0.29) is 24.9 Å².